The number of carbonyl (C=O) groups is 3. The van der Waals surface area contributed by atoms with Gasteiger partial charge in [0.05, 0.1) is 26.4 Å². The zero-order valence-electron chi connectivity index (χ0n) is 17.9. The molecule has 2 amide bonds. The van der Waals surface area contributed by atoms with Crippen molar-refractivity contribution >= 4 is 18.2 Å². The summed E-state index contributed by atoms with van der Waals surface area (Å²) in [4.78, 5) is 37.2. The lowest BCUT2D eigenvalue weighted by atomic mass is 10.1. The van der Waals surface area contributed by atoms with Gasteiger partial charge < -0.3 is 28.8 Å². The van der Waals surface area contributed by atoms with Gasteiger partial charge in [-0.05, 0) is 27.7 Å². The Labute approximate surface area is 176 Å². The predicted octanol–water partition coefficient (Wildman–Crippen LogP) is 2.37. The lowest BCUT2D eigenvalue weighted by molar-refractivity contribution is -0.167. The van der Waals surface area contributed by atoms with Gasteiger partial charge in [-0.1, -0.05) is 12.2 Å². The molecule has 4 unspecified atom stereocenters. The van der Waals surface area contributed by atoms with Crippen LogP contribution < -0.4 is 0 Å². The summed E-state index contributed by atoms with van der Waals surface area (Å²) < 4.78 is 27.4. The molecule has 170 valence electrons. The first kappa shape index (κ1) is 25.6. The summed E-state index contributed by atoms with van der Waals surface area (Å²) in [5, 5.41) is 9.54. The lowest BCUT2D eigenvalue weighted by Gasteiger charge is -2.30. The van der Waals surface area contributed by atoms with E-state index < -0.39 is 54.7 Å². The van der Waals surface area contributed by atoms with Crippen LogP contribution in [0.4, 0.5) is 9.59 Å². The maximum Gasteiger partial charge on any atom is 0.420 e. The van der Waals surface area contributed by atoms with Crippen molar-refractivity contribution in [3.63, 3.8) is 0 Å². The molecule has 10 heteroatoms. The molecule has 1 fully saturated rings. The SMILES string of the molecule is C=CCOC1COCC(N(C(=O)O)C(=O)OC(C)(C)C)C(=O)OC(C)C1OCC=C. The minimum Gasteiger partial charge on any atom is -0.464 e. The molecule has 0 aromatic rings. The average molecular weight is 429 g/mol. The van der Waals surface area contributed by atoms with Crippen molar-refractivity contribution in [1.82, 2.24) is 4.90 Å². The molecular weight excluding hydrogens is 398 g/mol. The largest absolute Gasteiger partial charge is 0.464 e. The number of carbonyl (C=O) groups excluding carboxylic acids is 2. The van der Waals surface area contributed by atoms with Crippen LogP contribution in [-0.4, -0.2) is 84.5 Å². The Bertz CT molecular complexity index is 628. The first-order valence-electron chi connectivity index (χ1n) is 9.50. The number of imide groups is 1. The van der Waals surface area contributed by atoms with Crippen LogP contribution in [-0.2, 0) is 28.5 Å². The Morgan fingerprint density at radius 2 is 1.80 bits per heavy atom. The van der Waals surface area contributed by atoms with Crippen molar-refractivity contribution in [2.75, 3.05) is 26.4 Å². The molecule has 0 spiro atoms. The van der Waals surface area contributed by atoms with Gasteiger partial charge in [0.15, 0.2) is 6.04 Å². The highest BCUT2D eigenvalue weighted by molar-refractivity contribution is 5.93. The summed E-state index contributed by atoms with van der Waals surface area (Å²) in [5.74, 6) is -0.965. The Kier molecular flexibility index (Phi) is 9.97. The molecule has 1 aliphatic heterocycles. The summed E-state index contributed by atoms with van der Waals surface area (Å²) >= 11 is 0. The number of carboxylic acid groups (broad SMARTS) is 1. The van der Waals surface area contributed by atoms with E-state index in [9.17, 15) is 19.5 Å². The summed E-state index contributed by atoms with van der Waals surface area (Å²) in [5.41, 5.74) is -0.964. The predicted molar refractivity (Wildman–Crippen MR) is 106 cm³/mol. The number of nitrogens with zero attached hydrogens (tertiary/aromatic N) is 1. The third kappa shape index (κ3) is 7.77. The van der Waals surface area contributed by atoms with Crippen LogP contribution in [0, 0.1) is 0 Å². The summed E-state index contributed by atoms with van der Waals surface area (Å²) in [6.45, 7) is 13.4. The van der Waals surface area contributed by atoms with Crippen molar-refractivity contribution in [2.24, 2.45) is 0 Å². The van der Waals surface area contributed by atoms with E-state index in [1.54, 1.807) is 33.8 Å². The molecule has 1 N–H and O–H groups in total. The molecule has 0 radical (unpaired) electrons. The van der Waals surface area contributed by atoms with Gasteiger partial charge in [0.2, 0.25) is 0 Å². The van der Waals surface area contributed by atoms with Gasteiger partial charge in [-0.3, -0.25) is 0 Å². The number of ether oxygens (including phenoxy) is 5. The molecule has 0 aromatic heterocycles. The van der Waals surface area contributed by atoms with E-state index in [-0.39, 0.29) is 24.7 Å². The van der Waals surface area contributed by atoms with Gasteiger partial charge in [0.1, 0.15) is 23.9 Å². The molecule has 0 saturated carbocycles. The summed E-state index contributed by atoms with van der Waals surface area (Å²) in [7, 11) is 0. The fourth-order valence-corrected chi connectivity index (χ4v) is 2.68. The van der Waals surface area contributed by atoms with E-state index in [0.29, 0.717) is 0 Å². The fraction of sp³-hybridized carbons (Fsp3) is 0.650. The summed E-state index contributed by atoms with van der Waals surface area (Å²) in [6, 6.07) is -1.56. The molecule has 4 atom stereocenters. The second kappa shape index (κ2) is 11.7. The quantitative estimate of drug-likeness (QED) is 0.480. The zero-order chi connectivity index (χ0) is 22.9. The molecule has 0 bridgehead atoms. The first-order valence-corrected chi connectivity index (χ1v) is 9.50. The maximum absolute atomic E-state index is 12.7. The monoisotopic (exact) mass is 429 g/mol. The van der Waals surface area contributed by atoms with Gasteiger partial charge in [0.25, 0.3) is 0 Å². The van der Waals surface area contributed by atoms with Crippen molar-refractivity contribution in [1.29, 1.82) is 0 Å². The van der Waals surface area contributed by atoms with Crippen LogP contribution >= 0.6 is 0 Å². The minimum absolute atomic E-state index is 0.0328. The number of hydrogen-bond acceptors (Lipinski definition) is 8. The Hall–Kier alpha value is -2.43. The molecule has 10 nitrogen and oxygen atoms in total. The number of rotatable bonds is 7. The van der Waals surface area contributed by atoms with Gasteiger partial charge in [0, 0.05) is 0 Å². The molecule has 0 aromatic carbocycles. The van der Waals surface area contributed by atoms with E-state index in [1.165, 1.54) is 6.08 Å². The maximum atomic E-state index is 12.7. The van der Waals surface area contributed by atoms with Crippen LogP contribution in [0.15, 0.2) is 25.3 Å². The van der Waals surface area contributed by atoms with Gasteiger partial charge in [-0.15, -0.1) is 13.2 Å². The van der Waals surface area contributed by atoms with Crippen LogP contribution in [0.2, 0.25) is 0 Å². The van der Waals surface area contributed by atoms with Crippen LogP contribution in [0.1, 0.15) is 27.7 Å². The van der Waals surface area contributed by atoms with E-state index in [1.807, 2.05) is 0 Å². The number of amides is 2. The second-order valence-electron chi connectivity index (χ2n) is 7.58. The first-order chi connectivity index (χ1) is 14.0. The second-order valence-corrected chi connectivity index (χ2v) is 7.58. The Balaban J connectivity index is 3.14. The van der Waals surface area contributed by atoms with Crippen LogP contribution in [0.5, 0.6) is 0 Å². The van der Waals surface area contributed by atoms with Gasteiger partial charge in [-0.25, -0.2) is 14.4 Å². The average Bonchev–Trinajstić information content (AvgIpc) is 2.66. The standard InChI is InChI=1S/C20H31NO9/c1-7-9-27-15-12-26-11-14(17(22)29-13(3)16(15)28-10-8-2)21(18(23)24)19(25)30-20(4,5)6/h7-8,13-16H,1-2,9-12H2,3-6H3,(H,23,24). The molecule has 30 heavy (non-hydrogen) atoms. The third-order valence-corrected chi connectivity index (χ3v) is 3.90. The highest BCUT2D eigenvalue weighted by Crippen LogP contribution is 2.20. The van der Waals surface area contributed by atoms with Crippen molar-refractivity contribution in [3.8, 4) is 0 Å². The van der Waals surface area contributed by atoms with E-state index in [4.69, 9.17) is 23.7 Å². The van der Waals surface area contributed by atoms with Crippen LogP contribution in [0.3, 0.4) is 0 Å². The molecule has 1 aliphatic rings. The van der Waals surface area contributed by atoms with Crippen molar-refractivity contribution in [3.05, 3.63) is 25.3 Å². The smallest absolute Gasteiger partial charge is 0.420 e. The molecular formula is C20H31NO9. The number of hydrogen-bond donors (Lipinski definition) is 1. The lowest BCUT2D eigenvalue weighted by Crippen LogP contribution is -2.53. The van der Waals surface area contributed by atoms with E-state index >= 15 is 0 Å². The Morgan fingerprint density at radius 3 is 2.33 bits per heavy atom. The number of esters is 1. The molecule has 1 saturated heterocycles. The number of cyclic esters (lactones) is 1. The van der Waals surface area contributed by atoms with E-state index in [2.05, 4.69) is 13.2 Å². The Morgan fingerprint density at radius 1 is 1.20 bits per heavy atom. The fourth-order valence-electron chi connectivity index (χ4n) is 2.68. The zero-order valence-corrected chi connectivity index (χ0v) is 17.9. The highest BCUT2D eigenvalue weighted by Gasteiger charge is 2.42. The molecule has 0 aliphatic carbocycles. The molecule has 1 heterocycles. The van der Waals surface area contributed by atoms with E-state index in [0.717, 1.165) is 0 Å². The highest BCUT2D eigenvalue weighted by atomic mass is 16.6. The van der Waals surface area contributed by atoms with Crippen LogP contribution in [0.25, 0.3) is 0 Å². The van der Waals surface area contributed by atoms with Crippen molar-refractivity contribution in [2.45, 2.75) is 57.6 Å². The van der Waals surface area contributed by atoms with Gasteiger partial charge >= 0.3 is 18.2 Å². The normalized spacial score (nSPS) is 25.1. The van der Waals surface area contributed by atoms with Gasteiger partial charge in [-0.2, -0.15) is 4.90 Å². The summed E-state index contributed by atoms with van der Waals surface area (Å²) in [6.07, 6.45) is -1.97. The minimum atomic E-state index is -1.67. The topological polar surface area (TPSA) is 121 Å². The van der Waals surface area contributed by atoms with Crippen molar-refractivity contribution < 1.29 is 43.2 Å². The molecule has 1 rings (SSSR count). The third-order valence-electron chi connectivity index (χ3n) is 3.90.